The molecule has 0 saturated heterocycles. The molecule has 3 N–H and O–H groups in total. The van der Waals surface area contributed by atoms with Crippen LogP contribution in [0.25, 0.3) is 78.1 Å². The van der Waals surface area contributed by atoms with Crippen LogP contribution < -0.4 is 0 Å². The van der Waals surface area contributed by atoms with Gasteiger partial charge in [-0.15, -0.1) is 0 Å². The van der Waals surface area contributed by atoms with E-state index in [4.69, 9.17) is 0 Å². The third-order valence-electron chi connectivity index (χ3n) is 9.70. The Hall–Kier alpha value is -6.80. The number of nitrogens with one attached hydrogen (secondary N) is 3. The number of hydrogen-bond donors (Lipinski definition) is 3. The second kappa shape index (κ2) is 13.9. The molecule has 0 spiro atoms. The van der Waals surface area contributed by atoms with E-state index in [9.17, 15) is 39.5 Å². The van der Waals surface area contributed by atoms with Crippen LogP contribution in [0.2, 0.25) is 0 Å². The molecule has 61 heavy (non-hydrogen) atoms. The van der Waals surface area contributed by atoms with Crippen LogP contribution in [-0.4, -0.2) is 19.9 Å². The molecule has 5 heterocycles. The summed E-state index contributed by atoms with van der Waals surface area (Å²) in [6, 6.07) is 5.88. The number of aromatic nitrogens is 4. The lowest BCUT2D eigenvalue weighted by Crippen LogP contribution is -2.04. The van der Waals surface area contributed by atoms with Gasteiger partial charge >= 0.3 is 18.5 Å². The molecule has 0 saturated carbocycles. The minimum Gasteiger partial charge on any atom is -0.349 e. The zero-order valence-electron chi connectivity index (χ0n) is 29.3. The van der Waals surface area contributed by atoms with Gasteiger partial charge in [-0.2, -0.15) is 39.5 Å². The fraction of sp³-hybridized carbons (Fsp3) is 0.0750. The Bertz CT molecular complexity index is 3090. The van der Waals surface area contributed by atoms with Gasteiger partial charge in [0, 0.05) is 16.7 Å². The molecule has 314 valence electrons. The first kappa shape index (κ1) is 41.0. The highest BCUT2D eigenvalue weighted by molar-refractivity contribution is 6.03. The quantitative estimate of drug-likeness (QED) is 0.152. The molecule has 0 unspecified atom stereocenters. The van der Waals surface area contributed by atoms with E-state index in [2.05, 4.69) is 15.0 Å². The first-order valence-corrected chi connectivity index (χ1v) is 16.9. The van der Waals surface area contributed by atoms with E-state index >= 15 is 35.1 Å². The highest BCUT2D eigenvalue weighted by Crippen LogP contribution is 2.45. The maximum absolute atomic E-state index is 16.4. The van der Waals surface area contributed by atoms with Crippen LogP contribution in [0.5, 0.6) is 0 Å². The molecule has 7 aromatic rings. The minimum atomic E-state index is -5.01. The number of benzene rings is 3. The van der Waals surface area contributed by atoms with Crippen molar-refractivity contribution in [2.24, 2.45) is 0 Å². The summed E-state index contributed by atoms with van der Waals surface area (Å²) in [4.78, 5) is 9.90. The largest absolute Gasteiger partial charge is 0.416 e. The maximum Gasteiger partial charge on any atom is 0.416 e. The van der Waals surface area contributed by atoms with E-state index in [0.29, 0.717) is 72.8 Å². The van der Waals surface area contributed by atoms with Crippen molar-refractivity contribution in [2.75, 3.05) is 0 Å². The Labute approximate surface area is 327 Å². The third kappa shape index (κ3) is 6.61. The molecule has 4 nitrogen and oxygen atoms in total. The van der Waals surface area contributed by atoms with Crippen molar-refractivity contribution in [1.29, 1.82) is 0 Å². The van der Waals surface area contributed by atoms with Gasteiger partial charge in [-0.3, -0.25) is 0 Å². The molecule has 0 radical (unpaired) electrons. The van der Waals surface area contributed by atoms with E-state index in [-0.39, 0.29) is 0 Å². The molecule has 0 amide bonds. The standard InChI is InChI=1S/C40H15F17N4/c41-22-24(43)32-20(14-3-9-17(10-4-14)39(52,53)54)34-26(45)28(47)36(60-34)37-29(48)27(46)35(61-37)21(15-5-11-18(12-6-15)40(55,56)57)33-25(44)23(42)31(59-33)19(30(22)58-32)13-1-7-16(8-2-13)38(49,50)51/h1-12,58-60H. The van der Waals surface area contributed by atoms with Crippen LogP contribution >= 0.6 is 0 Å². The van der Waals surface area contributed by atoms with Crippen molar-refractivity contribution in [3.8, 4) is 33.4 Å². The summed E-state index contributed by atoms with van der Waals surface area (Å²) in [6.45, 7) is 0. The number of fused-ring (bicyclic) bond motifs is 9. The second-order valence-corrected chi connectivity index (χ2v) is 13.3. The van der Waals surface area contributed by atoms with Crippen LogP contribution in [0.1, 0.15) is 28.1 Å². The summed E-state index contributed by atoms with van der Waals surface area (Å²) in [5.74, 6) is -16.7. The van der Waals surface area contributed by atoms with E-state index in [0.717, 1.165) is 0 Å². The first-order valence-electron chi connectivity index (χ1n) is 16.9. The van der Waals surface area contributed by atoms with Crippen molar-refractivity contribution >= 4 is 44.8 Å². The van der Waals surface area contributed by atoms with Crippen LogP contribution in [-0.2, 0) is 18.5 Å². The number of aromatic amines is 3. The summed E-state index contributed by atoms with van der Waals surface area (Å²) in [6.07, 6.45) is -15.0. The normalized spacial score (nSPS) is 13.3. The number of alkyl halides is 9. The average molecular weight is 875 g/mol. The Balaban J connectivity index is 1.65. The van der Waals surface area contributed by atoms with E-state index in [1.54, 1.807) is 0 Å². The SMILES string of the molecule is FC1=C(F)c2nc1c(-c1ccc(C(F)(F)F)cc1)c1[nH]c(c(F)c1F)c(-c1ccc(C(F)(F)F)cc1)c1[nH]c(c(F)c1F)c(-c1ccc(C(F)(F)F)cc1)c1[nH]c2c(F)c1F. The van der Waals surface area contributed by atoms with Gasteiger partial charge in [0.05, 0.1) is 44.3 Å². The van der Waals surface area contributed by atoms with Gasteiger partial charge in [-0.1, -0.05) is 36.4 Å². The highest BCUT2D eigenvalue weighted by Gasteiger charge is 2.35. The monoisotopic (exact) mass is 874 g/mol. The Morgan fingerprint density at radius 1 is 0.311 bits per heavy atom. The number of H-pyrrole nitrogens is 3. The van der Waals surface area contributed by atoms with Crippen molar-refractivity contribution in [1.82, 2.24) is 19.9 Å². The molecule has 0 atom stereocenters. The van der Waals surface area contributed by atoms with Crippen LogP contribution in [0.4, 0.5) is 74.6 Å². The van der Waals surface area contributed by atoms with Crippen molar-refractivity contribution < 1.29 is 74.6 Å². The number of hydrogen-bond acceptors (Lipinski definition) is 1. The minimum absolute atomic E-state index is 0.386. The zero-order chi connectivity index (χ0) is 44.2. The molecular formula is C40H15F17N4. The predicted molar refractivity (Wildman–Crippen MR) is 186 cm³/mol. The topological polar surface area (TPSA) is 60.3 Å². The first-order chi connectivity index (χ1) is 28.5. The van der Waals surface area contributed by atoms with Gasteiger partial charge in [0.1, 0.15) is 16.9 Å². The van der Waals surface area contributed by atoms with Crippen LogP contribution in [0, 0.1) is 34.9 Å². The van der Waals surface area contributed by atoms with Crippen molar-refractivity contribution in [2.45, 2.75) is 18.5 Å². The fourth-order valence-corrected chi connectivity index (χ4v) is 6.84. The molecule has 0 aliphatic carbocycles. The smallest absolute Gasteiger partial charge is 0.349 e. The molecule has 0 fully saturated rings. The highest BCUT2D eigenvalue weighted by atomic mass is 19.4. The number of halogens is 17. The lowest BCUT2D eigenvalue weighted by Gasteiger charge is -2.09. The van der Waals surface area contributed by atoms with Gasteiger partial charge in [0.25, 0.3) is 0 Å². The summed E-state index contributed by atoms with van der Waals surface area (Å²) in [7, 11) is 0. The number of nitrogens with zero attached hydrogens (tertiary/aromatic N) is 1. The van der Waals surface area contributed by atoms with E-state index < -0.39 is 160 Å². The molecule has 8 bridgehead atoms. The van der Waals surface area contributed by atoms with Crippen LogP contribution in [0.3, 0.4) is 0 Å². The van der Waals surface area contributed by atoms with Gasteiger partial charge in [-0.25, -0.2) is 40.1 Å². The van der Waals surface area contributed by atoms with Gasteiger partial charge in [0.15, 0.2) is 46.6 Å². The molecule has 4 aromatic heterocycles. The second-order valence-electron chi connectivity index (χ2n) is 13.3. The lowest BCUT2D eigenvalue weighted by molar-refractivity contribution is -0.138. The fourth-order valence-electron chi connectivity index (χ4n) is 6.84. The lowest BCUT2D eigenvalue weighted by atomic mass is 10.0. The molecule has 21 heteroatoms. The van der Waals surface area contributed by atoms with Gasteiger partial charge < -0.3 is 15.0 Å². The van der Waals surface area contributed by atoms with Crippen molar-refractivity contribution in [3.05, 3.63) is 136 Å². The summed E-state index contributed by atoms with van der Waals surface area (Å²) in [5, 5.41) is 0. The third-order valence-corrected chi connectivity index (χ3v) is 9.70. The molecule has 1 aliphatic heterocycles. The van der Waals surface area contributed by atoms with E-state index in [1.807, 2.05) is 4.98 Å². The Morgan fingerprint density at radius 3 is 0.869 bits per heavy atom. The zero-order valence-corrected chi connectivity index (χ0v) is 29.3. The Morgan fingerprint density at radius 2 is 0.557 bits per heavy atom. The molecule has 8 rings (SSSR count). The number of rotatable bonds is 3. The average Bonchev–Trinajstić information content (AvgIpc) is 3.86. The van der Waals surface area contributed by atoms with E-state index in [1.165, 1.54) is 0 Å². The van der Waals surface area contributed by atoms with Crippen LogP contribution in [0.15, 0.2) is 72.8 Å². The molecular weight excluding hydrogens is 859 g/mol. The summed E-state index contributed by atoms with van der Waals surface area (Å²) >= 11 is 0. The summed E-state index contributed by atoms with van der Waals surface area (Å²) < 4.78 is 251. The predicted octanol–water partition coefficient (Wildman–Crippen LogP) is 14.2. The molecule has 3 aromatic carbocycles. The maximum atomic E-state index is 16.4. The Kier molecular flexibility index (Phi) is 9.32. The molecule has 1 aliphatic rings. The summed E-state index contributed by atoms with van der Waals surface area (Å²) in [5.41, 5.74) is -19.7. The van der Waals surface area contributed by atoms with Gasteiger partial charge in [-0.05, 0) is 53.1 Å². The van der Waals surface area contributed by atoms with Crippen molar-refractivity contribution in [3.63, 3.8) is 0 Å². The van der Waals surface area contributed by atoms with Gasteiger partial charge in [0.2, 0.25) is 0 Å².